The van der Waals surface area contributed by atoms with E-state index >= 15 is 0 Å². The Morgan fingerprint density at radius 2 is 2.00 bits per heavy atom. The van der Waals surface area contributed by atoms with Gasteiger partial charge in [0.25, 0.3) is 0 Å². The summed E-state index contributed by atoms with van der Waals surface area (Å²) in [4.78, 5) is 17.4. The third-order valence-corrected chi connectivity index (χ3v) is 1.97. The van der Waals surface area contributed by atoms with Crippen molar-refractivity contribution in [3.05, 3.63) is 40.2 Å². The first-order valence-electron chi connectivity index (χ1n) is 4.32. The van der Waals surface area contributed by atoms with E-state index in [4.69, 9.17) is 0 Å². The number of fused-ring (bicyclic) bond motifs is 1. The maximum absolute atomic E-state index is 12.3. The van der Waals surface area contributed by atoms with Gasteiger partial charge in [0.2, 0.25) is 5.82 Å². The lowest BCUT2D eigenvalue weighted by molar-refractivity contribution is -0.145. The van der Waals surface area contributed by atoms with Crippen LogP contribution in [-0.4, -0.2) is 14.4 Å². The van der Waals surface area contributed by atoms with Crippen LogP contribution in [0.2, 0.25) is 0 Å². The van der Waals surface area contributed by atoms with Crippen molar-refractivity contribution in [2.75, 3.05) is 0 Å². The standard InChI is InChI=1S/C9H6F3N3O/c1-5-2-3-15-6(4-5)13-7(9(10,11)12)14-8(15)16/h2-4H,1H3. The van der Waals surface area contributed by atoms with E-state index in [-0.39, 0.29) is 5.65 Å². The summed E-state index contributed by atoms with van der Waals surface area (Å²) in [5, 5.41) is 0. The number of nitrogens with zero attached hydrogens (tertiary/aromatic N) is 3. The van der Waals surface area contributed by atoms with Gasteiger partial charge < -0.3 is 0 Å². The van der Waals surface area contributed by atoms with Crippen LogP contribution in [0.15, 0.2) is 23.1 Å². The Labute approximate surface area is 87.4 Å². The Kier molecular flexibility index (Phi) is 2.18. The normalized spacial score (nSPS) is 12.0. The van der Waals surface area contributed by atoms with Crippen molar-refractivity contribution in [3.8, 4) is 0 Å². The second-order valence-corrected chi connectivity index (χ2v) is 3.26. The molecule has 0 N–H and O–H groups in total. The van der Waals surface area contributed by atoms with Crippen LogP contribution >= 0.6 is 0 Å². The minimum absolute atomic E-state index is 0.0627. The molecule has 0 aliphatic heterocycles. The summed E-state index contributed by atoms with van der Waals surface area (Å²) < 4.78 is 37.9. The first-order valence-corrected chi connectivity index (χ1v) is 4.32. The monoisotopic (exact) mass is 229 g/mol. The number of hydrogen-bond donors (Lipinski definition) is 0. The maximum Gasteiger partial charge on any atom is 0.451 e. The minimum Gasteiger partial charge on any atom is -0.251 e. The molecule has 84 valence electrons. The Hall–Kier alpha value is -1.92. The van der Waals surface area contributed by atoms with E-state index in [1.54, 1.807) is 13.0 Å². The number of hydrogen-bond acceptors (Lipinski definition) is 3. The van der Waals surface area contributed by atoms with Crippen LogP contribution in [0.1, 0.15) is 11.4 Å². The average molecular weight is 229 g/mol. The molecule has 0 aliphatic carbocycles. The molecule has 0 unspecified atom stereocenters. The number of rotatable bonds is 0. The zero-order chi connectivity index (χ0) is 11.9. The Morgan fingerprint density at radius 1 is 1.31 bits per heavy atom. The third-order valence-electron chi connectivity index (χ3n) is 1.97. The van der Waals surface area contributed by atoms with E-state index in [1.165, 1.54) is 12.3 Å². The molecule has 2 heterocycles. The number of halogens is 3. The molecule has 0 atom stereocenters. The molecule has 2 aromatic rings. The van der Waals surface area contributed by atoms with E-state index in [9.17, 15) is 18.0 Å². The molecule has 0 saturated heterocycles. The summed E-state index contributed by atoms with van der Waals surface area (Å²) in [6, 6.07) is 2.98. The summed E-state index contributed by atoms with van der Waals surface area (Å²) in [7, 11) is 0. The lowest BCUT2D eigenvalue weighted by Gasteiger charge is -2.06. The topological polar surface area (TPSA) is 47.3 Å². The number of alkyl halides is 3. The lowest BCUT2D eigenvalue weighted by Crippen LogP contribution is -2.24. The van der Waals surface area contributed by atoms with Crippen molar-refractivity contribution in [2.24, 2.45) is 0 Å². The predicted molar refractivity (Wildman–Crippen MR) is 49.0 cm³/mol. The Bertz CT molecular complexity index is 603. The Balaban J connectivity index is 2.80. The highest BCUT2D eigenvalue weighted by Crippen LogP contribution is 2.25. The molecule has 16 heavy (non-hydrogen) atoms. The molecule has 0 radical (unpaired) electrons. The number of aromatic nitrogens is 3. The van der Waals surface area contributed by atoms with Crippen LogP contribution in [0.3, 0.4) is 0 Å². The van der Waals surface area contributed by atoms with Crippen LogP contribution in [0, 0.1) is 6.92 Å². The summed E-state index contributed by atoms with van der Waals surface area (Å²) in [6.45, 7) is 1.69. The average Bonchev–Trinajstić information content (AvgIpc) is 2.15. The SMILES string of the molecule is Cc1ccn2c(=O)nc(C(F)(F)F)nc2c1. The molecule has 7 heteroatoms. The molecular weight excluding hydrogens is 223 g/mol. The molecule has 4 nitrogen and oxygen atoms in total. The third kappa shape index (κ3) is 1.75. The first-order chi connectivity index (χ1) is 7.38. The zero-order valence-corrected chi connectivity index (χ0v) is 8.12. The van der Waals surface area contributed by atoms with Crippen LogP contribution < -0.4 is 5.69 Å². The van der Waals surface area contributed by atoms with Crippen molar-refractivity contribution >= 4 is 5.65 Å². The van der Waals surface area contributed by atoms with Crippen LogP contribution in [0.4, 0.5) is 13.2 Å². The van der Waals surface area contributed by atoms with Gasteiger partial charge in [-0.05, 0) is 24.6 Å². The van der Waals surface area contributed by atoms with E-state index < -0.39 is 17.7 Å². The fraction of sp³-hybridized carbons (Fsp3) is 0.222. The fourth-order valence-electron chi connectivity index (χ4n) is 1.24. The molecule has 2 rings (SSSR count). The fourth-order valence-corrected chi connectivity index (χ4v) is 1.24. The highest BCUT2D eigenvalue weighted by molar-refractivity contribution is 5.40. The molecule has 0 amide bonds. The second-order valence-electron chi connectivity index (χ2n) is 3.26. The van der Waals surface area contributed by atoms with Crippen LogP contribution in [0.25, 0.3) is 5.65 Å². The van der Waals surface area contributed by atoms with Crippen LogP contribution in [-0.2, 0) is 6.18 Å². The van der Waals surface area contributed by atoms with Gasteiger partial charge in [0.15, 0.2) is 0 Å². The van der Waals surface area contributed by atoms with Crippen molar-refractivity contribution in [2.45, 2.75) is 13.1 Å². The minimum atomic E-state index is -4.71. The summed E-state index contributed by atoms with van der Waals surface area (Å²) in [5.41, 5.74) is -0.337. The summed E-state index contributed by atoms with van der Waals surface area (Å²) >= 11 is 0. The van der Waals surface area contributed by atoms with Gasteiger partial charge in [0, 0.05) is 6.20 Å². The van der Waals surface area contributed by atoms with Crippen molar-refractivity contribution in [3.63, 3.8) is 0 Å². The highest BCUT2D eigenvalue weighted by Gasteiger charge is 2.35. The van der Waals surface area contributed by atoms with E-state index in [0.29, 0.717) is 5.56 Å². The van der Waals surface area contributed by atoms with Gasteiger partial charge >= 0.3 is 11.9 Å². The van der Waals surface area contributed by atoms with E-state index in [2.05, 4.69) is 9.97 Å². The van der Waals surface area contributed by atoms with E-state index in [1.807, 2.05) is 0 Å². The van der Waals surface area contributed by atoms with E-state index in [0.717, 1.165) is 4.40 Å². The highest BCUT2D eigenvalue weighted by atomic mass is 19.4. The molecule has 0 bridgehead atoms. The first kappa shape index (κ1) is 10.6. The summed E-state index contributed by atoms with van der Waals surface area (Å²) in [5.74, 6) is -1.41. The quantitative estimate of drug-likeness (QED) is 0.686. The molecule has 0 spiro atoms. The number of aryl methyl sites for hydroxylation is 1. The summed E-state index contributed by atoms with van der Waals surface area (Å²) in [6.07, 6.45) is -3.37. The van der Waals surface area contributed by atoms with Gasteiger partial charge in [0.05, 0.1) is 0 Å². The zero-order valence-electron chi connectivity index (χ0n) is 8.12. The van der Waals surface area contributed by atoms with Gasteiger partial charge in [-0.3, -0.25) is 4.40 Å². The molecule has 0 aliphatic rings. The molecule has 0 aromatic carbocycles. The predicted octanol–water partition coefficient (Wildman–Crippen LogP) is 1.42. The van der Waals surface area contributed by atoms with Crippen molar-refractivity contribution < 1.29 is 13.2 Å². The number of pyridine rings is 1. The Morgan fingerprint density at radius 3 is 2.62 bits per heavy atom. The van der Waals surface area contributed by atoms with Gasteiger partial charge in [-0.2, -0.15) is 18.2 Å². The second kappa shape index (κ2) is 3.29. The molecule has 2 aromatic heterocycles. The van der Waals surface area contributed by atoms with Gasteiger partial charge in [0.1, 0.15) is 5.65 Å². The molecular formula is C9H6F3N3O. The van der Waals surface area contributed by atoms with Gasteiger partial charge in [-0.1, -0.05) is 0 Å². The lowest BCUT2D eigenvalue weighted by atomic mass is 10.3. The maximum atomic E-state index is 12.3. The van der Waals surface area contributed by atoms with Crippen molar-refractivity contribution in [1.82, 2.24) is 14.4 Å². The van der Waals surface area contributed by atoms with Crippen LogP contribution in [0.5, 0.6) is 0 Å². The van der Waals surface area contributed by atoms with Gasteiger partial charge in [-0.25, -0.2) is 9.78 Å². The van der Waals surface area contributed by atoms with Gasteiger partial charge in [-0.15, -0.1) is 0 Å². The largest absolute Gasteiger partial charge is 0.451 e. The molecule has 0 saturated carbocycles. The van der Waals surface area contributed by atoms with Crippen molar-refractivity contribution in [1.29, 1.82) is 0 Å². The molecule has 0 fully saturated rings. The smallest absolute Gasteiger partial charge is 0.251 e.